The monoisotopic (exact) mass is 238 g/mol. The van der Waals surface area contributed by atoms with E-state index in [1.54, 1.807) is 11.3 Å². The molecule has 0 spiro atoms. The number of carbonyl (C=O) groups excluding carboxylic acids is 1. The molecule has 1 saturated carbocycles. The molecule has 0 bridgehead atoms. The number of thiophene rings is 1. The lowest BCUT2D eigenvalue weighted by Gasteiger charge is -2.12. The van der Waals surface area contributed by atoms with Crippen LogP contribution in [0.3, 0.4) is 0 Å². The topological polar surface area (TPSA) is 41.1 Å². The Bertz CT molecular complexity index is 371. The molecule has 2 rings (SSSR count). The third kappa shape index (κ3) is 3.32. The van der Waals surface area contributed by atoms with E-state index in [1.165, 1.54) is 22.6 Å². The second-order valence-electron chi connectivity index (χ2n) is 4.39. The predicted molar refractivity (Wildman–Crippen MR) is 66.6 cm³/mol. The molecular weight excluding hydrogens is 220 g/mol. The summed E-state index contributed by atoms with van der Waals surface area (Å²) in [4.78, 5) is 14.1. The molecule has 16 heavy (non-hydrogen) atoms. The Morgan fingerprint density at radius 2 is 2.31 bits per heavy atom. The highest BCUT2D eigenvalue weighted by Gasteiger charge is 2.21. The van der Waals surface area contributed by atoms with Crippen LogP contribution >= 0.6 is 11.3 Å². The van der Waals surface area contributed by atoms with E-state index in [9.17, 15) is 4.79 Å². The summed E-state index contributed by atoms with van der Waals surface area (Å²) in [5.74, 6) is 0.0884. The summed E-state index contributed by atoms with van der Waals surface area (Å²) in [5.41, 5.74) is 0. The van der Waals surface area contributed by atoms with Crippen molar-refractivity contribution in [2.24, 2.45) is 0 Å². The molecule has 1 amide bonds. The van der Waals surface area contributed by atoms with Crippen LogP contribution in [0.5, 0.6) is 0 Å². The molecule has 1 heterocycles. The van der Waals surface area contributed by atoms with Gasteiger partial charge in [-0.05, 0) is 38.8 Å². The molecule has 3 nitrogen and oxygen atoms in total. The highest BCUT2D eigenvalue weighted by Crippen LogP contribution is 2.22. The first-order valence-electron chi connectivity index (χ1n) is 5.74. The molecule has 1 atom stereocenters. The summed E-state index contributed by atoms with van der Waals surface area (Å²) in [6, 6.07) is 4.88. The average Bonchev–Trinajstić information content (AvgIpc) is 2.97. The normalized spacial score (nSPS) is 17.1. The van der Waals surface area contributed by atoms with Gasteiger partial charge in [0.05, 0.1) is 12.6 Å². The van der Waals surface area contributed by atoms with Crippen molar-refractivity contribution in [3.8, 4) is 0 Å². The second-order valence-corrected chi connectivity index (χ2v) is 5.71. The molecule has 1 fully saturated rings. The molecule has 0 aromatic carbocycles. The van der Waals surface area contributed by atoms with Crippen molar-refractivity contribution < 1.29 is 4.79 Å². The van der Waals surface area contributed by atoms with Crippen LogP contribution in [-0.4, -0.2) is 18.5 Å². The molecule has 1 aliphatic carbocycles. The molecule has 2 N–H and O–H groups in total. The standard InChI is InChI=1S/C12H18N2OS/c1-8-3-6-11(16-8)9(2)14-12(15)7-13-10-4-5-10/h3,6,9-10,13H,4-5,7H2,1-2H3,(H,14,15). The molecule has 1 aromatic rings. The number of hydrogen-bond donors (Lipinski definition) is 2. The lowest BCUT2D eigenvalue weighted by Crippen LogP contribution is -2.35. The maximum absolute atomic E-state index is 11.6. The van der Waals surface area contributed by atoms with Gasteiger partial charge in [0.15, 0.2) is 0 Å². The van der Waals surface area contributed by atoms with Crippen LogP contribution in [0.15, 0.2) is 12.1 Å². The van der Waals surface area contributed by atoms with Crippen LogP contribution in [0.25, 0.3) is 0 Å². The number of hydrogen-bond acceptors (Lipinski definition) is 3. The van der Waals surface area contributed by atoms with Crippen molar-refractivity contribution in [2.45, 2.75) is 38.8 Å². The Balaban J connectivity index is 1.76. The van der Waals surface area contributed by atoms with E-state index in [-0.39, 0.29) is 11.9 Å². The van der Waals surface area contributed by atoms with E-state index in [1.807, 2.05) is 6.92 Å². The zero-order valence-electron chi connectivity index (χ0n) is 9.75. The number of amides is 1. The third-order valence-electron chi connectivity index (χ3n) is 2.69. The van der Waals surface area contributed by atoms with Gasteiger partial charge >= 0.3 is 0 Å². The van der Waals surface area contributed by atoms with Gasteiger partial charge < -0.3 is 10.6 Å². The Hall–Kier alpha value is -0.870. The molecule has 0 saturated heterocycles. The Kier molecular flexibility index (Phi) is 3.61. The van der Waals surface area contributed by atoms with Crippen LogP contribution in [0.1, 0.15) is 35.6 Å². The summed E-state index contributed by atoms with van der Waals surface area (Å²) in [7, 11) is 0. The average molecular weight is 238 g/mol. The first-order chi connectivity index (χ1) is 7.65. The van der Waals surface area contributed by atoms with Crippen molar-refractivity contribution in [1.29, 1.82) is 0 Å². The van der Waals surface area contributed by atoms with Crippen LogP contribution in [0.2, 0.25) is 0 Å². The zero-order valence-corrected chi connectivity index (χ0v) is 10.6. The maximum atomic E-state index is 11.6. The lowest BCUT2D eigenvalue weighted by molar-refractivity contribution is -0.120. The quantitative estimate of drug-likeness (QED) is 0.823. The molecule has 0 radical (unpaired) electrons. The van der Waals surface area contributed by atoms with Gasteiger partial charge in [0.25, 0.3) is 0 Å². The highest BCUT2D eigenvalue weighted by molar-refractivity contribution is 7.12. The van der Waals surface area contributed by atoms with Gasteiger partial charge in [-0.3, -0.25) is 4.79 Å². The molecule has 1 aromatic heterocycles. The van der Waals surface area contributed by atoms with Crippen molar-refractivity contribution in [2.75, 3.05) is 6.54 Å². The smallest absolute Gasteiger partial charge is 0.234 e. The number of rotatable bonds is 5. The van der Waals surface area contributed by atoms with Crippen molar-refractivity contribution in [3.63, 3.8) is 0 Å². The number of nitrogens with one attached hydrogen (secondary N) is 2. The molecular formula is C12H18N2OS. The molecule has 0 aliphatic heterocycles. The fourth-order valence-electron chi connectivity index (χ4n) is 1.57. The summed E-state index contributed by atoms with van der Waals surface area (Å²) >= 11 is 1.74. The number of aryl methyl sites for hydroxylation is 1. The van der Waals surface area contributed by atoms with E-state index in [4.69, 9.17) is 0 Å². The van der Waals surface area contributed by atoms with E-state index in [0.29, 0.717) is 12.6 Å². The minimum Gasteiger partial charge on any atom is -0.348 e. The fourth-order valence-corrected chi connectivity index (χ4v) is 2.45. The summed E-state index contributed by atoms with van der Waals surface area (Å²) < 4.78 is 0. The van der Waals surface area contributed by atoms with Gasteiger partial charge in [-0.2, -0.15) is 0 Å². The van der Waals surface area contributed by atoms with Gasteiger partial charge in [-0.1, -0.05) is 0 Å². The van der Waals surface area contributed by atoms with Crippen LogP contribution in [0, 0.1) is 6.92 Å². The highest BCUT2D eigenvalue weighted by atomic mass is 32.1. The van der Waals surface area contributed by atoms with E-state index < -0.39 is 0 Å². The van der Waals surface area contributed by atoms with Crippen LogP contribution in [0.4, 0.5) is 0 Å². The fraction of sp³-hybridized carbons (Fsp3) is 0.583. The van der Waals surface area contributed by atoms with Gasteiger partial charge in [-0.25, -0.2) is 0 Å². The summed E-state index contributed by atoms with van der Waals surface area (Å²) in [6.45, 7) is 4.55. The van der Waals surface area contributed by atoms with E-state index in [2.05, 4.69) is 29.7 Å². The van der Waals surface area contributed by atoms with Crippen LogP contribution in [-0.2, 0) is 4.79 Å². The van der Waals surface area contributed by atoms with Gasteiger partial charge in [0, 0.05) is 15.8 Å². The lowest BCUT2D eigenvalue weighted by atomic mass is 10.2. The largest absolute Gasteiger partial charge is 0.348 e. The Morgan fingerprint density at radius 3 is 2.88 bits per heavy atom. The Morgan fingerprint density at radius 1 is 1.56 bits per heavy atom. The van der Waals surface area contributed by atoms with Crippen molar-refractivity contribution in [1.82, 2.24) is 10.6 Å². The zero-order chi connectivity index (χ0) is 11.5. The van der Waals surface area contributed by atoms with Gasteiger partial charge in [0.2, 0.25) is 5.91 Å². The first kappa shape index (κ1) is 11.6. The third-order valence-corrected chi connectivity index (χ3v) is 3.88. The Labute approximate surface area is 100 Å². The summed E-state index contributed by atoms with van der Waals surface area (Å²) in [6.07, 6.45) is 2.43. The summed E-state index contributed by atoms with van der Waals surface area (Å²) in [5, 5.41) is 6.21. The molecule has 1 unspecified atom stereocenters. The second kappa shape index (κ2) is 4.97. The number of carbonyl (C=O) groups is 1. The predicted octanol–water partition coefficient (Wildman–Crippen LogP) is 1.99. The molecule has 4 heteroatoms. The minimum atomic E-state index is 0.0884. The van der Waals surface area contributed by atoms with Crippen molar-refractivity contribution >= 4 is 17.2 Å². The first-order valence-corrected chi connectivity index (χ1v) is 6.56. The SMILES string of the molecule is Cc1ccc(C(C)NC(=O)CNC2CC2)s1. The minimum absolute atomic E-state index is 0.0884. The molecule has 88 valence electrons. The van der Waals surface area contributed by atoms with Gasteiger partial charge in [0.1, 0.15) is 0 Å². The molecule has 1 aliphatic rings. The van der Waals surface area contributed by atoms with Crippen LogP contribution < -0.4 is 10.6 Å². The maximum Gasteiger partial charge on any atom is 0.234 e. The van der Waals surface area contributed by atoms with E-state index in [0.717, 1.165) is 0 Å². The van der Waals surface area contributed by atoms with Gasteiger partial charge in [-0.15, -0.1) is 11.3 Å². The van der Waals surface area contributed by atoms with E-state index >= 15 is 0 Å². The van der Waals surface area contributed by atoms with Crippen molar-refractivity contribution in [3.05, 3.63) is 21.9 Å².